The Labute approximate surface area is 124 Å². The molecule has 0 saturated heterocycles. The minimum Gasteiger partial charge on any atom is -0.315 e. The van der Waals surface area contributed by atoms with E-state index in [4.69, 9.17) is 11.6 Å². The molecule has 110 valence electrons. The zero-order valence-corrected chi connectivity index (χ0v) is 13.7. The first-order valence-corrected chi connectivity index (χ1v) is 9.13. The second-order valence-electron chi connectivity index (χ2n) is 4.41. The molecule has 0 aliphatic rings. The molecular weight excluding hydrogens is 304 g/mol. The third kappa shape index (κ3) is 6.23. The Balaban J connectivity index is 2.33. The summed E-state index contributed by atoms with van der Waals surface area (Å²) in [6.45, 7) is 5.50. The lowest BCUT2D eigenvalue weighted by Crippen LogP contribution is -2.39. The maximum atomic E-state index is 11.9. The van der Waals surface area contributed by atoms with E-state index in [1.807, 2.05) is 12.1 Å². The van der Waals surface area contributed by atoms with Crippen LogP contribution < -0.4 is 10.0 Å². The minimum atomic E-state index is -3.24. The van der Waals surface area contributed by atoms with Crippen molar-refractivity contribution < 1.29 is 8.42 Å². The Morgan fingerprint density at radius 2 is 2.11 bits per heavy atom. The van der Waals surface area contributed by atoms with Crippen molar-refractivity contribution >= 4 is 33.0 Å². The zero-order valence-electron chi connectivity index (χ0n) is 11.3. The van der Waals surface area contributed by atoms with E-state index in [1.165, 1.54) is 11.3 Å². The molecule has 1 aromatic heterocycles. The summed E-state index contributed by atoms with van der Waals surface area (Å²) in [6, 6.07) is 3.75. The fourth-order valence-electron chi connectivity index (χ4n) is 1.54. The van der Waals surface area contributed by atoms with Gasteiger partial charge in [0.2, 0.25) is 10.0 Å². The van der Waals surface area contributed by atoms with Crippen molar-refractivity contribution in [2.24, 2.45) is 0 Å². The van der Waals surface area contributed by atoms with Gasteiger partial charge in [-0.2, -0.15) is 0 Å². The first-order chi connectivity index (χ1) is 8.95. The van der Waals surface area contributed by atoms with Crippen molar-refractivity contribution in [2.45, 2.75) is 31.9 Å². The van der Waals surface area contributed by atoms with Gasteiger partial charge in [0.25, 0.3) is 0 Å². The van der Waals surface area contributed by atoms with E-state index < -0.39 is 15.3 Å². The third-order valence-corrected chi connectivity index (χ3v) is 5.82. The Bertz CT molecular complexity index is 474. The number of hydrogen-bond acceptors (Lipinski definition) is 4. The van der Waals surface area contributed by atoms with Gasteiger partial charge in [-0.25, -0.2) is 13.1 Å². The van der Waals surface area contributed by atoms with Gasteiger partial charge < -0.3 is 5.32 Å². The number of hydrogen-bond donors (Lipinski definition) is 2. The van der Waals surface area contributed by atoms with E-state index in [1.54, 1.807) is 6.92 Å². The van der Waals surface area contributed by atoms with Crippen molar-refractivity contribution in [3.63, 3.8) is 0 Å². The molecular formula is C12H21ClN2O2S2. The lowest BCUT2D eigenvalue weighted by atomic mass is 10.3. The molecule has 1 atom stereocenters. The van der Waals surface area contributed by atoms with Crippen molar-refractivity contribution in [3.05, 3.63) is 21.3 Å². The third-order valence-electron chi connectivity index (χ3n) is 2.69. The van der Waals surface area contributed by atoms with Gasteiger partial charge in [-0.3, -0.25) is 0 Å². The van der Waals surface area contributed by atoms with Crippen LogP contribution in [-0.2, 0) is 16.4 Å². The van der Waals surface area contributed by atoms with Gasteiger partial charge in [-0.1, -0.05) is 18.5 Å². The van der Waals surface area contributed by atoms with Crippen molar-refractivity contribution in [2.75, 3.05) is 19.6 Å². The molecule has 0 amide bonds. The van der Waals surface area contributed by atoms with Gasteiger partial charge in [0.05, 0.1) is 9.59 Å². The fraction of sp³-hybridized carbons (Fsp3) is 0.667. The van der Waals surface area contributed by atoms with E-state index in [9.17, 15) is 8.42 Å². The summed E-state index contributed by atoms with van der Waals surface area (Å²) in [7, 11) is -3.24. The summed E-state index contributed by atoms with van der Waals surface area (Å²) in [6.07, 6.45) is 1.67. The van der Waals surface area contributed by atoms with E-state index in [0.717, 1.165) is 22.2 Å². The summed E-state index contributed by atoms with van der Waals surface area (Å²) >= 11 is 7.30. The van der Waals surface area contributed by atoms with Crippen LogP contribution in [0.2, 0.25) is 4.34 Å². The topological polar surface area (TPSA) is 58.2 Å². The van der Waals surface area contributed by atoms with Crippen molar-refractivity contribution in [1.82, 2.24) is 10.0 Å². The number of thiophene rings is 1. The highest BCUT2D eigenvalue weighted by Crippen LogP contribution is 2.21. The molecule has 2 N–H and O–H groups in total. The van der Waals surface area contributed by atoms with E-state index in [0.29, 0.717) is 19.5 Å². The SMILES string of the molecule is CCCNCC(C)S(=O)(=O)NCCc1ccc(Cl)s1. The van der Waals surface area contributed by atoms with Gasteiger partial charge in [0.15, 0.2) is 0 Å². The number of nitrogens with one attached hydrogen (secondary N) is 2. The second-order valence-corrected chi connectivity index (χ2v) is 8.39. The Morgan fingerprint density at radius 1 is 1.37 bits per heavy atom. The lowest BCUT2D eigenvalue weighted by molar-refractivity contribution is 0.557. The van der Waals surface area contributed by atoms with Crippen molar-refractivity contribution in [3.8, 4) is 0 Å². The first-order valence-electron chi connectivity index (χ1n) is 6.39. The predicted molar refractivity (Wildman–Crippen MR) is 82.6 cm³/mol. The number of halogens is 1. The van der Waals surface area contributed by atoms with Gasteiger partial charge in [-0.05, 0) is 38.4 Å². The molecule has 0 radical (unpaired) electrons. The first kappa shape index (κ1) is 16.9. The van der Waals surface area contributed by atoms with Crippen LogP contribution in [0, 0.1) is 0 Å². The maximum absolute atomic E-state index is 11.9. The monoisotopic (exact) mass is 324 g/mol. The van der Waals surface area contributed by atoms with Gasteiger partial charge in [-0.15, -0.1) is 11.3 Å². The van der Waals surface area contributed by atoms with Crippen LogP contribution >= 0.6 is 22.9 Å². The fourth-order valence-corrected chi connectivity index (χ4v) is 3.63. The molecule has 0 fully saturated rings. The molecule has 7 heteroatoms. The smallest absolute Gasteiger partial charge is 0.215 e. The molecule has 1 unspecified atom stereocenters. The molecule has 0 aliphatic heterocycles. The highest BCUT2D eigenvalue weighted by atomic mass is 35.5. The summed E-state index contributed by atoms with van der Waals surface area (Å²) < 4.78 is 27.3. The molecule has 19 heavy (non-hydrogen) atoms. The maximum Gasteiger partial charge on any atom is 0.215 e. The molecule has 0 aliphatic carbocycles. The second kappa shape index (κ2) is 8.21. The quantitative estimate of drug-likeness (QED) is 0.685. The van der Waals surface area contributed by atoms with Crippen LogP contribution in [-0.4, -0.2) is 33.3 Å². The lowest BCUT2D eigenvalue weighted by Gasteiger charge is -2.14. The molecule has 1 rings (SSSR count). The molecule has 1 aromatic rings. The molecule has 0 spiro atoms. The van der Waals surface area contributed by atoms with Crippen LogP contribution in [0.3, 0.4) is 0 Å². The minimum absolute atomic E-state index is 0.414. The standard InChI is InChI=1S/C12H21ClN2O2S2/c1-3-7-14-9-10(2)19(16,17)15-8-6-11-4-5-12(13)18-11/h4-5,10,14-15H,3,6-9H2,1-2H3. The van der Waals surface area contributed by atoms with Gasteiger partial charge >= 0.3 is 0 Å². The molecule has 0 saturated carbocycles. The van der Waals surface area contributed by atoms with Crippen LogP contribution in [0.4, 0.5) is 0 Å². The van der Waals surface area contributed by atoms with Crippen molar-refractivity contribution in [1.29, 1.82) is 0 Å². The van der Waals surface area contributed by atoms with E-state index in [-0.39, 0.29) is 0 Å². The summed E-state index contributed by atoms with van der Waals surface area (Å²) in [4.78, 5) is 1.09. The highest BCUT2D eigenvalue weighted by Gasteiger charge is 2.19. The zero-order chi connectivity index (χ0) is 14.3. The Morgan fingerprint density at radius 3 is 2.68 bits per heavy atom. The summed E-state index contributed by atoms with van der Waals surface area (Å²) in [5.74, 6) is 0. The van der Waals surface area contributed by atoms with Crippen LogP contribution in [0.15, 0.2) is 12.1 Å². The largest absolute Gasteiger partial charge is 0.315 e. The van der Waals surface area contributed by atoms with E-state index in [2.05, 4.69) is 17.0 Å². The molecule has 4 nitrogen and oxygen atoms in total. The number of sulfonamides is 1. The van der Waals surface area contributed by atoms with Gasteiger partial charge in [0.1, 0.15) is 0 Å². The number of rotatable bonds is 9. The van der Waals surface area contributed by atoms with Crippen LogP contribution in [0.5, 0.6) is 0 Å². The summed E-state index contributed by atoms with van der Waals surface area (Å²) in [5.41, 5.74) is 0. The average Bonchev–Trinajstić information content (AvgIpc) is 2.75. The average molecular weight is 325 g/mol. The van der Waals surface area contributed by atoms with E-state index >= 15 is 0 Å². The normalized spacial score (nSPS) is 13.6. The summed E-state index contributed by atoms with van der Waals surface area (Å²) in [5, 5.41) is 2.69. The molecule has 1 heterocycles. The molecule has 0 bridgehead atoms. The molecule has 0 aromatic carbocycles. The highest BCUT2D eigenvalue weighted by molar-refractivity contribution is 7.90. The van der Waals surface area contributed by atoms with Gasteiger partial charge in [0, 0.05) is 18.0 Å². The Kier molecular flexibility index (Phi) is 7.31. The van der Waals surface area contributed by atoms with Crippen LogP contribution in [0.1, 0.15) is 25.1 Å². The predicted octanol–water partition coefficient (Wildman–Crippen LogP) is 2.25. The van der Waals surface area contributed by atoms with Crippen LogP contribution in [0.25, 0.3) is 0 Å². The Hall–Kier alpha value is -0.140.